The van der Waals surface area contributed by atoms with Crippen LogP contribution in [0.25, 0.3) is 5.52 Å². The second-order valence-electron chi connectivity index (χ2n) is 7.67. The molecule has 0 spiro atoms. The number of hydrogen-bond donors (Lipinski definition) is 1. The summed E-state index contributed by atoms with van der Waals surface area (Å²) in [5.41, 5.74) is -0.663. The first-order valence-corrected chi connectivity index (χ1v) is 10.0. The van der Waals surface area contributed by atoms with Gasteiger partial charge in [0.25, 0.3) is 0 Å². The number of ether oxygens (including phenoxy) is 1. The average Bonchev–Trinajstić information content (AvgIpc) is 3.31. The van der Waals surface area contributed by atoms with Gasteiger partial charge in [0.15, 0.2) is 0 Å². The van der Waals surface area contributed by atoms with Crippen LogP contribution >= 0.6 is 0 Å². The van der Waals surface area contributed by atoms with E-state index in [0.717, 1.165) is 22.8 Å². The Morgan fingerprint density at radius 2 is 1.90 bits per heavy atom. The Hall–Kier alpha value is -2.88. The lowest BCUT2D eigenvalue weighted by atomic mass is 9.96. The summed E-state index contributed by atoms with van der Waals surface area (Å²) in [6, 6.07) is 3.66. The van der Waals surface area contributed by atoms with E-state index in [-0.39, 0.29) is 19.1 Å². The summed E-state index contributed by atoms with van der Waals surface area (Å²) in [5, 5.41) is 17.3. The molecule has 0 aliphatic carbocycles. The van der Waals surface area contributed by atoms with E-state index in [1.165, 1.54) is 11.6 Å². The van der Waals surface area contributed by atoms with Crippen molar-refractivity contribution < 1.29 is 27.8 Å². The predicted octanol–water partition coefficient (Wildman–Crippen LogP) is 4.04. The monoisotopic (exact) mass is 438 g/mol. The normalized spacial score (nSPS) is 14.2. The van der Waals surface area contributed by atoms with Crippen LogP contribution in [0.15, 0.2) is 30.7 Å². The van der Waals surface area contributed by atoms with Gasteiger partial charge in [-0.1, -0.05) is 32.1 Å². The highest BCUT2D eigenvalue weighted by Gasteiger charge is 2.55. The first kappa shape index (κ1) is 22.8. The molecule has 3 rings (SSSR count). The Labute approximate surface area is 177 Å². The molecular weight excluding hydrogens is 413 g/mol. The lowest BCUT2D eigenvalue weighted by Crippen LogP contribution is -2.42. The van der Waals surface area contributed by atoms with Gasteiger partial charge in [-0.25, -0.2) is 9.48 Å². The van der Waals surface area contributed by atoms with Crippen LogP contribution in [-0.4, -0.2) is 43.3 Å². The zero-order valence-electron chi connectivity index (χ0n) is 17.8. The number of rotatable bonds is 7. The van der Waals surface area contributed by atoms with Gasteiger partial charge in [0.05, 0.1) is 24.9 Å². The fraction of sp³-hybridized carbons (Fsp3) is 0.476. The van der Waals surface area contributed by atoms with Gasteiger partial charge < -0.3 is 14.2 Å². The van der Waals surface area contributed by atoms with Crippen molar-refractivity contribution in [3.63, 3.8) is 0 Å². The summed E-state index contributed by atoms with van der Waals surface area (Å²) < 4.78 is 48.0. The molecule has 7 nitrogen and oxygen atoms in total. The summed E-state index contributed by atoms with van der Waals surface area (Å²) in [6.07, 6.45) is -0.859. The fourth-order valence-corrected chi connectivity index (χ4v) is 3.60. The molecule has 0 fully saturated rings. The number of nitrogens with zero attached hydrogens (tertiary/aromatic N) is 4. The molecule has 0 aliphatic heterocycles. The van der Waals surface area contributed by atoms with Crippen LogP contribution in [0.5, 0.6) is 0 Å². The molecule has 31 heavy (non-hydrogen) atoms. The minimum atomic E-state index is -4.86. The molecule has 3 heterocycles. The van der Waals surface area contributed by atoms with Crippen LogP contribution in [0, 0.1) is 0 Å². The van der Waals surface area contributed by atoms with Crippen LogP contribution in [0.3, 0.4) is 0 Å². The molecule has 3 aromatic heterocycles. The number of halogens is 3. The Bertz CT molecular complexity index is 1090. The van der Waals surface area contributed by atoms with Crippen LogP contribution in [0.4, 0.5) is 13.2 Å². The van der Waals surface area contributed by atoms with E-state index in [2.05, 4.69) is 10.3 Å². The number of alkyl halides is 3. The van der Waals surface area contributed by atoms with Crippen LogP contribution in [0.1, 0.15) is 67.2 Å². The molecule has 168 valence electrons. The molecule has 0 amide bonds. The maximum absolute atomic E-state index is 13.3. The molecule has 0 radical (unpaired) electrons. The Balaban J connectivity index is 1.93. The van der Waals surface area contributed by atoms with Gasteiger partial charge >= 0.3 is 12.1 Å². The van der Waals surface area contributed by atoms with Crippen molar-refractivity contribution >= 4 is 11.5 Å². The van der Waals surface area contributed by atoms with Crippen LogP contribution < -0.4 is 0 Å². The summed E-state index contributed by atoms with van der Waals surface area (Å²) in [4.78, 5) is 12.3. The van der Waals surface area contributed by atoms with Gasteiger partial charge in [-0.3, -0.25) is 0 Å². The van der Waals surface area contributed by atoms with Gasteiger partial charge in [0.2, 0.25) is 5.60 Å². The lowest BCUT2D eigenvalue weighted by molar-refractivity contribution is -0.269. The SMILES string of the molecule is CCOC(=O)c1cn2cc(Cn3cc(C(O)(CC)C(F)(F)F)nn3)ccc2c1C(C)C. The number of aromatic nitrogens is 4. The van der Waals surface area contributed by atoms with Crippen molar-refractivity contribution in [3.8, 4) is 0 Å². The van der Waals surface area contributed by atoms with Crippen molar-refractivity contribution in [1.82, 2.24) is 19.4 Å². The second-order valence-corrected chi connectivity index (χ2v) is 7.67. The molecular formula is C21H25F3N4O3. The topological polar surface area (TPSA) is 81.7 Å². The minimum absolute atomic E-state index is 0.0854. The summed E-state index contributed by atoms with van der Waals surface area (Å²) >= 11 is 0. The van der Waals surface area contributed by atoms with Crippen LogP contribution in [0.2, 0.25) is 0 Å². The number of carbonyl (C=O) groups is 1. The summed E-state index contributed by atoms with van der Waals surface area (Å²) in [6.45, 7) is 7.36. The van der Waals surface area contributed by atoms with Gasteiger partial charge in [0, 0.05) is 17.9 Å². The molecule has 0 bridgehead atoms. The number of esters is 1. The first-order chi connectivity index (χ1) is 14.5. The molecule has 0 aliphatic rings. The van der Waals surface area contributed by atoms with E-state index in [1.54, 1.807) is 23.7 Å². The van der Waals surface area contributed by atoms with E-state index in [4.69, 9.17) is 4.74 Å². The van der Waals surface area contributed by atoms with Gasteiger partial charge in [-0.2, -0.15) is 13.2 Å². The van der Waals surface area contributed by atoms with Gasteiger partial charge in [-0.15, -0.1) is 5.10 Å². The fourth-order valence-electron chi connectivity index (χ4n) is 3.60. The van der Waals surface area contributed by atoms with E-state index in [0.29, 0.717) is 5.56 Å². The van der Waals surface area contributed by atoms with E-state index in [9.17, 15) is 23.1 Å². The maximum Gasteiger partial charge on any atom is 0.423 e. The highest BCUT2D eigenvalue weighted by Crippen LogP contribution is 2.40. The van der Waals surface area contributed by atoms with Crippen molar-refractivity contribution in [3.05, 3.63) is 53.1 Å². The van der Waals surface area contributed by atoms with Crippen molar-refractivity contribution in [2.45, 2.75) is 58.4 Å². The molecule has 1 N–H and O–H groups in total. The first-order valence-electron chi connectivity index (χ1n) is 10.0. The Morgan fingerprint density at radius 1 is 1.19 bits per heavy atom. The van der Waals surface area contributed by atoms with Crippen LogP contribution in [-0.2, 0) is 16.9 Å². The number of carbonyl (C=O) groups excluding carboxylic acids is 1. The second kappa shape index (κ2) is 8.33. The quantitative estimate of drug-likeness (QED) is 0.563. The van der Waals surface area contributed by atoms with Gasteiger partial charge in [0.1, 0.15) is 5.69 Å². The number of hydrogen-bond acceptors (Lipinski definition) is 5. The Kier molecular flexibility index (Phi) is 6.13. The molecule has 0 aromatic carbocycles. The number of pyridine rings is 1. The number of fused-ring (bicyclic) bond motifs is 1. The third-order valence-electron chi connectivity index (χ3n) is 5.23. The van der Waals surface area contributed by atoms with E-state index in [1.807, 2.05) is 26.0 Å². The zero-order chi connectivity index (χ0) is 23.0. The molecule has 1 atom stereocenters. The largest absolute Gasteiger partial charge is 0.462 e. The minimum Gasteiger partial charge on any atom is -0.462 e. The maximum atomic E-state index is 13.3. The predicted molar refractivity (Wildman–Crippen MR) is 107 cm³/mol. The smallest absolute Gasteiger partial charge is 0.423 e. The highest BCUT2D eigenvalue weighted by atomic mass is 19.4. The van der Waals surface area contributed by atoms with Crippen molar-refractivity contribution in [1.29, 1.82) is 0 Å². The van der Waals surface area contributed by atoms with Crippen molar-refractivity contribution in [2.24, 2.45) is 0 Å². The molecule has 10 heteroatoms. The molecule has 0 saturated heterocycles. The third kappa shape index (κ3) is 4.16. The molecule has 0 saturated carbocycles. The lowest BCUT2D eigenvalue weighted by Gasteiger charge is -2.26. The highest BCUT2D eigenvalue weighted by molar-refractivity contribution is 5.94. The van der Waals surface area contributed by atoms with E-state index < -0.39 is 29.9 Å². The van der Waals surface area contributed by atoms with E-state index >= 15 is 0 Å². The molecule has 1 unspecified atom stereocenters. The average molecular weight is 438 g/mol. The summed E-state index contributed by atoms with van der Waals surface area (Å²) in [5.74, 6) is -0.314. The molecule has 3 aromatic rings. The van der Waals surface area contributed by atoms with Crippen molar-refractivity contribution in [2.75, 3.05) is 6.61 Å². The third-order valence-corrected chi connectivity index (χ3v) is 5.23. The standard InChI is InChI=1S/C21H25F3N4O3/c1-5-20(30,21(22,23)24)17-12-28(26-25-17)10-14-7-8-16-18(13(3)4)15(11-27(16)9-14)19(29)31-6-2/h7-9,11-13,30H,5-6,10H2,1-4H3. The number of aliphatic hydroxyl groups is 1. The summed E-state index contributed by atoms with van der Waals surface area (Å²) in [7, 11) is 0. The van der Waals surface area contributed by atoms with Gasteiger partial charge in [-0.05, 0) is 36.5 Å². The Morgan fingerprint density at radius 3 is 2.48 bits per heavy atom. The zero-order valence-corrected chi connectivity index (χ0v) is 17.8.